The summed E-state index contributed by atoms with van der Waals surface area (Å²) >= 11 is 3.35. The maximum Gasteiger partial charge on any atom is 0.244 e. The summed E-state index contributed by atoms with van der Waals surface area (Å²) in [4.78, 5) is 0.231. The Kier molecular flexibility index (Phi) is 4.69. The standard InChI is InChI=1S/C14H18BrNO3S/c1-10-3-5-16(6-4-10)20(18,19)13-8-12(9-17)7-11(2)14(13)15/h3,7-8,17H,4-6,9H2,1-2H3. The van der Waals surface area contributed by atoms with E-state index in [1.54, 1.807) is 6.07 Å². The van der Waals surface area contributed by atoms with Gasteiger partial charge in [-0.15, -0.1) is 0 Å². The second-order valence-electron chi connectivity index (χ2n) is 5.05. The highest BCUT2D eigenvalue weighted by Crippen LogP contribution is 2.30. The maximum absolute atomic E-state index is 12.7. The summed E-state index contributed by atoms with van der Waals surface area (Å²) in [7, 11) is -3.54. The minimum absolute atomic E-state index is 0.171. The number of halogens is 1. The lowest BCUT2D eigenvalue weighted by Crippen LogP contribution is -2.35. The third-order valence-electron chi connectivity index (χ3n) is 3.48. The Morgan fingerprint density at radius 3 is 2.60 bits per heavy atom. The van der Waals surface area contributed by atoms with Gasteiger partial charge in [-0.05, 0) is 53.4 Å². The van der Waals surface area contributed by atoms with Crippen molar-refractivity contribution < 1.29 is 13.5 Å². The number of benzene rings is 1. The average Bonchev–Trinajstić information content (AvgIpc) is 2.42. The van der Waals surface area contributed by atoms with Crippen molar-refractivity contribution in [2.75, 3.05) is 13.1 Å². The summed E-state index contributed by atoms with van der Waals surface area (Å²) in [6.07, 6.45) is 2.70. The Morgan fingerprint density at radius 1 is 1.35 bits per heavy atom. The largest absolute Gasteiger partial charge is 0.392 e. The summed E-state index contributed by atoms with van der Waals surface area (Å²) in [5.41, 5.74) is 2.63. The van der Waals surface area contributed by atoms with E-state index in [0.717, 1.165) is 12.0 Å². The smallest absolute Gasteiger partial charge is 0.244 e. The van der Waals surface area contributed by atoms with Crippen LogP contribution < -0.4 is 0 Å². The zero-order chi connectivity index (χ0) is 14.9. The van der Waals surface area contributed by atoms with Crippen LogP contribution in [0.15, 0.2) is 33.2 Å². The molecule has 1 heterocycles. The molecule has 1 aliphatic heterocycles. The number of rotatable bonds is 3. The van der Waals surface area contributed by atoms with Crippen molar-refractivity contribution in [3.05, 3.63) is 39.4 Å². The number of nitrogens with zero attached hydrogens (tertiary/aromatic N) is 1. The van der Waals surface area contributed by atoms with Gasteiger partial charge in [-0.1, -0.05) is 17.7 Å². The maximum atomic E-state index is 12.7. The van der Waals surface area contributed by atoms with Gasteiger partial charge in [0.1, 0.15) is 0 Å². The van der Waals surface area contributed by atoms with Crippen molar-refractivity contribution >= 4 is 26.0 Å². The minimum atomic E-state index is -3.54. The van der Waals surface area contributed by atoms with Crippen molar-refractivity contribution in [3.63, 3.8) is 0 Å². The predicted octanol–water partition coefficient (Wildman–Crippen LogP) is 2.59. The molecule has 0 aliphatic carbocycles. The van der Waals surface area contributed by atoms with E-state index < -0.39 is 10.0 Å². The molecular weight excluding hydrogens is 342 g/mol. The molecule has 0 amide bonds. The van der Waals surface area contributed by atoms with Crippen molar-refractivity contribution in [3.8, 4) is 0 Å². The highest BCUT2D eigenvalue weighted by atomic mass is 79.9. The Bertz CT molecular complexity index is 653. The first-order chi connectivity index (χ1) is 9.36. The minimum Gasteiger partial charge on any atom is -0.392 e. The molecule has 1 aromatic carbocycles. The third-order valence-corrected chi connectivity index (χ3v) is 6.68. The highest BCUT2D eigenvalue weighted by molar-refractivity contribution is 9.10. The fourth-order valence-electron chi connectivity index (χ4n) is 2.20. The van der Waals surface area contributed by atoms with Gasteiger partial charge in [0.2, 0.25) is 10.0 Å². The van der Waals surface area contributed by atoms with Gasteiger partial charge < -0.3 is 5.11 Å². The Hall–Kier alpha value is -0.690. The van der Waals surface area contributed by atoms with Crippen molar-refractivity contribution in [1.82, 2.24) is 4.31 Å². The number of aliphatic hydroxyl groups excluding tert-OH is 1. The fourth-order valence-corrected chi connectivity index (χ4v) is 4.61. The van der Waals surface area contributed by atoms with E-state index in [0.29, 0.717) is 23.1 Å². The van der Waals surface area contributed by atoms with Gasteiger partial charge in [0.05, 0.1) is 11.5 Å². The average molecular weight is 360 g/mol. The molecule has 20 heavy (non-hydrogen) atoms. The quantitative estimate of drug-likeness (QED) is 0.843. The van der Waals surface area contributed by atoms with Gasteiger partial charge in [-0.25, -0.2) is 8.42 Å². The van der Waals surface area contributed by atoms with E-state index in [1.165, 1.54) is 15.9 Å². The molecule has 0 spiro atoms. The molecule has 1 aliphatic rings. The lowest BCUT2D eigenvalue weighted by Gasteiger charge is -2.25. The normalized spacial score (nSPS) is 17.1. The topological polar surface area (TPSA) is 57.6 Å². The van der Waals surface area contributed by atoms with E-state index in [1.807, 2.05) is 19.9 Å². The van der Waals surface area contributed by atoms with Crippen LogP contribution >= 0.6 is 15.9 Å². The summed E-state index contributed by atoms with van der Waals surface area (Å²) in [6.45, 7) is 4.57. The van der Waals surface area contributed by atoms with E-state index in [-0.39, 0.29) is 11.5 Å². The molecule has 0 saturated heterocycles. The predicted molar refractivity (Wildman–Crippen MR) is 81.9 cm³/mol. The van der Waals surface area contributed by atoms with Crippen LogP contribution in [0, 0.1) is 6.92 Å². The van der Waals surface area contributed by atoms with Crippen LogP contribution in [0.2, 0.25) is 0 Å². The van der Waals surface area contributed by atoms with Crippen molar-refractivity contribution in [2.24, 2.45) is 0 Å². The first-order valence-corrected chi connectivity index (χ1v) is 8.65. The van der Waals surface area contributed by atoms with E-state index in [2.05, 4.69) is 15.9 Å². The number of aliphatic hydroxyl groups is 1. The van der Waals surface area contributed by atoms with Gasteiger partial charge >= 0.3 is 0 Å². The zero-order valence-electron chi connectivity index (χ0n) is 11.6. The molecule has 0 aromatic heterocycles. The molecule has 0 unspecified atom stereocenters. The van der Waals surface area contributed by atoms with Crippen LogP contribution in [0.5, 0.6) is 0 Å². The molecule has 2 rings (SSSR count). The summed E-state index contributed by atoms with van der Waals surface area (Å²) < 4.78 is 27.5. The number of hydrogen-bond donors (Lipinski definition) is 1. The second-order valence-corrected chi connectivity index (χ2v) is 7.75. The molecule has 6 heteroatoms. The lowest BCUT2D eigenvalue weighted by atomic mass is 10.1. The number of sulfonamides is 1. The van der Waals surface area contributed by atoms with E-state index >= 15 is 0 Å². The van der Waals surface area contributed by atoms with Crippen molar-refractivity contribution in [1.29, 1.82) is 0 Å². The van der Waals surface area contributed by atoms with Gasteiger partial charge in [0.25, 0.3) is 0 Å². The molecule has 1 aromatic rings. The summed E-state index contributed by atoms with van der Waals surface area (Å²) in [5.74, 6) is 0. The summed E-state index contributed by atoms with van der Waals surface area (Å²) in [5, 5.41) is 9.25. The second kappa shape index (κ2) is 5.97. The lowest BCUT2D eigenvalue weighted by molar-refractivity contribution is 0.281. The van der Waals surface area contributed by atoms with E-state index in [9.17, 15) is 13.5 Å². The fraction of sp³-hybridized carbons (Fsp3) is 0.429. The molecule has 0 saturated carbocycles. The van der Waals surface area contributed by atoms with Gasteiger partial charge in [-0.2, -0.15) is 4.31 Å². The SMILES string of the molecule is CC1=CCN(S(=O)(=O)c2cc(CO)cc(C)c2Br)CC1. The first-order valence-electron chi connectivity index (χ1n) is 6.42. The molecule has 0 fully saturated rings. The zero-order valence-corrected chi connectivity index (χ0v) is 14.0. The van der Waals surface area contributed by atoms with Gasteiger partial charge in [0.15, 0.2) is 0 Å². The van der Waals surface area contributed by atoms with Crippen LogP contribution in [0.3, 0.4) is 0 Å². The molecule has 110 valence electrons. The molecule has 4 nitrogen and oxygen atoms in total. The highest BCUT2D eigenvalue weighted by Gasteiger charge is 2.28. The van der Waals surface area contributed by atoms with Crippen LogP contribution in [0.25, 0.3) is 0 Å². The number of aryl methyl sites for hydroxylation is 1. The molecular formula is C14H18BrNO3S. The van der Waals surface area contributed by atoms with Crippen LogP contribution in [0.4, 0.5) is 0 Å². The first kappa shape index (κ1) is 15.7. The van der Waals surface area contributed by atoms with Gasteiger partial charge in [-0.3, -0.25) is 0 Å². The summed E-state index contributed by atoms with van der Waals surface area (Å²) in [6, 6.07) is 3.32. The Labute approximate surface area is 128 Å². The monoisotopic (exact) mass is 359 g/mol. The van der Waals surface area contributed by atoms with Crippen LogP contribution in [0.1, 0.15) is 24.5 Å². The molecule has 0 radical (unpaired) electrons. The molecule has 1 N–H and O–H groups in total. The molecule has 0 atom stereocenters. The number of hydrogen-bond acceptors (Lipinski definition) is 3. The Balaban J connectivity index is 2.47. The van der Waals surface area contributed by atoms with Crippen molar-refractivity contribution in [2.45, 2.75) is 31.8 Å². The van der Waals surface area contributed by atoms with Crippen LogP contribution in [-0.2, 0) is 16.6 Å². The molecule has 0 bridgehead atoms. The van der Waals surface area contributed by atoms with Crippen LogP contribution in [-0.4, -0.2) is 30.9 Å². The Morgan fingerprint density at radius 2 is 2.05 bits per heavy atom. The van der Waals surface area contributed by atoms with Gasteiger partial charge in [0, 0.05) is 17.6 Å². The van der Waals surface area contributed by atoms with E-state index in [4.69, 9.17) is 0 Å². The third kappa shape index (κ3) is 2.98.